The first-order valence-electron chi connectivity index (χ1n) is 6.08. The van der Waals surface area contributed by atoms with Gasteiger partial charge < -0.3 is 5.43 Å². The average molecular weight is 284 g/mol. The maximum Gasteiger partial charge on any atom is 0.300 e. The third kappa shape index (κ3) is 2.10. The third-order valence-electron chi connectivity index (χ3n) is 2.87. The van der Waals surface area contributed by atoms with Gasteiger partial charge in [-0.05, 0) is 11.4 Å². The molecule has 100 valence electrons. The molecule has 1 N–H and O–H groups in total. The number of aromatic nitrogens is 3. The van der Waals surface area contributed by atoms with Gasteiger partial charge in [0.25, 0.3) is 5.56 Å². The maximum absolute atomic E-state index is 12.5. The van der Waals surface area contributed by atoms with E-state index in [-0.39, 0.29) is 5.56 Å². The van der Waals surface area contributed by atoms with Crippen molar-refractivity contribution in [3.63, 3.8) is 0 Å². The van der Waals surface area contributed by atoms with Gasteiger partial charge >= 0.3 is 0 Å². The van der Waals surface area contributed by atoms with Crippen molar-refractivity contribution in [1.29, 1.82) is 0 Å². The van der Waals surface area contributed by atoms with Gasteiger partial charge in [-0.3, -0.25) is 4.79 Å². The monoisotopic (exact) mass is 284 g/mol. The van der Waals surface area contributed by atoms with Crippen molar-refractivity contribution in [2.24, 2.45) is 0 Å². The number of hydrogen-bond donors (Lipinski definition) is 1. The van der Waals surface area contributed by atoms with Gasteiger partial charge in [0, 0.05) is 12.6 Å². The molecule has 0 bridgehead atoms. The second-order valence-electron chi connectivity index (χ2n) is 4.08. The molecular weight excluding hydrogens is 272 g/mol. The van der Waals surface area contributed by atoms with E-state index in [9.17, 15) is 4.79 Å². The predicted octanol–water partition coefficient (Wildman–Crippen LogP) is 2.21. The van der Waals surface area contributed by atoms with E-state index in [0.717, 1.165) is 10.4 Å². The van der Waals surface area contributed by atoms with E-state index >= 15 is 0 Å². The highest BCUT2D eigenvalue weighted by atomic mass is 32.1. The lowest BCUT2D eigenvalue weighted by atomic mass is 10.2. The Hall–Kier alpha value is -2.47. The first kappa shape index (κ1) is 12.6. The SMILES string of the molecule is CNn1c(-c2ccccc2)nnc(-c2cccs2)c1=O. The van der Waals surface area contributed by atoms with Crippen LogP contribution >= 0.6 is 11.3 Å². The summed E-state index contributed by atoms with van der Waals surface area (Å²) in [5, 5.41) is 10.2. The van der Waals surface area contributed by atoms with Crippen LogP contribution in [0.25, 0.3) is 22.0 Å². The minimum Gasteiger partial charge on any atom is -0.324 e. The highest BCUT2D eigenvalue weighted by Crippen LogP contribution is 2.20. The van der Waals surface area contributed by atoms with Crippen molar-refractivity contribution in [1.82, 2.24) is 14.9 Å². The van der Waals surface area contributed by atoms with Crippen molar-refractivity contribution in [3.8, 4) is 22.0 Å². The molecule has 0 aliphatic heterocycles. The Labute approximate surface area is 119 Å². The minimum absolute atomic E-state index is 0.205. The van der Waals surface area contributed by atoms with Gasteiger partial charge in [0.1, 0.15) is 0 Å². The first-order chi connectivity index (χ1) is 9.81. The summed E-state index contributed by atoms with van der Waals surface area (Å²) in [6, 6.07) is 13.2. The smallest absolute Gasteiger partial charge is 0.300 e. The van der Waals surface area contributed by atoms with E-state index in [4.69, 9.17) is 0 Å². The summed E-state index contributed by atoms with van der Waals surface area (Å²) >= 11 is 1.47. The lowest BCUT2D eigenvalue weighted by Gasteiger charge is -2.11. The Morgan fingerprint density at radius 1 is 1.10 bits per heavy atom. The van der Waals surface area contributed by atoms with Crippen LogP contribution < -0.4 is 11.0 Å². The van der Waals surface area contributed by atoms with E-state index in [2.05, 4.69) is 15.6 Å². The summed E-state index contributed by atoms with van der Waals surface area (Å²) < 4.78 is 1.41. The van der Waals surface area contributed by atoms with Gasteiger partial charge in [0.15, 0.2) is 11.5 Å². The van der Waals surface area contributed by atoms with Crippen LogP contribution in [0.5, 0.6) is 0 Å². The summed E-state index contributed by atoms with van der Waals surface area (Å²) in [5.41, 5.74) is 3.86. The summed E-state index contributed by atoms with van der Waals surface area (Å²) in [7, 11) is 1.69. The third-order valence-corrected chi connectivity index (χ3v) is 3.75. The summed E-state index contributed by atoms with van der Waals surface area (Å²) in [4.78, 5) is 13.3. The van der Waals surface area contributed by atoms with Gasteiger partial charge in [-0.1, -0.05) is 36.4 Å². The zero-order chi connectivity index (χ0) is 13.9. The molecule has 0 saturated heterocycles. The Morgan fingerprint density at radius 2 is 1.90 bits per heavy atom. The standard InChI is InChI=1S/C14H12N4OS/c1-15-18-13(10-6-3-2-4-7-10)17-16-12(14(18)19)11-8-5-9-20-11/h2-9,15H,1H3. The van der Waals surface area contributed by atoms with Crippen LogP contribution in [0, 0.1) is 0 Å². The van der Waals surface area contributed by atoms with E-state index in [0.29, 0.717) is 11.5 Å². The van der Waals surface area contributed by atoms with Gasteiger partial charge in [-0.2, -0.15) is 0 Å². The van der Waals surface area contributed by atoms with Crippen LogP contribution in [-0.4, -0.2) is 21.9 Å². The van der Waals surface area contributed by atoms with Crippen LogP contribution in [0.1, 0.15) is 0 Å². The zero-order valence-electron chi connectivity index (χ0n) is 10.8. The second-order valence-corrected chi connectivity index (χ2v) is 5.03. The highest BCUT2D eigenvalue weighted by molar-refractivity contribution is 7.13. The van der Waals surface area contributed by atoms with Gasteiger partial charge in [0.2, 0.25) is 0 Å². The van der Waals surface area contributed by atoms with Gasteiger partial charge in [-0.15, -0.1) is 21.5 Å². The fraction of sp³-hybridized carbons (Fsp3) is 0.0714. The first-order valence-corrected chi connectivity index (χ1v) is 6.96. The molecule has 6 heteroatoms. The molecule has 20 heavy (non-hydrogen) atoms. The number of nitrogens with one attached hydrogen (secondary N) is 1. The molecule has 2 heterocycles. The van der Waals surface area contributed by atoms with E-state index in [1.54, 1.807) is 7.05 Å². The normalized spacial score (nSPS) is 10.4. The van der Waals surface area contributed by atoms with Crippen molar-refractivity contribution >= 4 is 11.3 Å². The average Bonchev–Trinajstić information content (AvgIpc) is 3.02. The van der Waals surface area contributed by atoms with Crippen LogP contribution in [0.15, 0.2) is 52.6 Å². The van der Waals surface area contributed by atoms with Crippen LogP contribution in [0.3, 0.4) is 0 Å². The zero-order valence-corrected chi connectivity index (χ0v) is 11.6. The molecule has 3 rings (SSSR count). The molecule has 0 saturated carbocycles. The molecule has 5 nitrogen and oxygen atoms in total. The molecule has 2 aromatic heterocycles. The molecule has 1 aromatic carbocycles. The van der Waals surface area contributed by atoms with E-state index in [1.807, 2.05) is 47.8 Å². The number of hydrogen-bond acceptors (Lipinski definition) is 5. The predicted molar refractivity (Wildman–Crippen MR) is 80.3 cm³/mol. The van der Waals surface area contributed by atoms with Crippen LogP contribution in [0.4, 0.5) is 0 Å². The molecular formula is C14H12N4OS. The Bertz CT molecular complexity index is 766. The molecule has 0 radical (unpaired) electrons. The van der Waals surface area contributed by atoms with Crippen molar-refractivity contribution in [2.45, 2.75) is 0 Å². The Kier molecular flexibility index (Phi) is 3.30. The Balaban J connectivity index is 2.20. The lowest BCUT2D eigenvalue weighted by Crippen LogP contribution is -2.31. The second kappa shape index (κ2) is 5.26. The molecule has 0 unspecified atom stereocenters. The number of thiophene rings is 1. The minimum atomic E-state index is -0.205. The van der Waals surface area contributed by atoms with E-state index in [1.165, 1.54) is 16.0 Å². The molecule has 0 spiro atoms. The molecule has 0 atom stereocenters. The maximum atomic E-state index is 12.5. The van der Waals surface area contributed by atoms with Gasteiger partial charge in [0.05, 0.1) is 4.88 Å². The Morgan fingerprint density at radius 3 is 2.55 bits per heavy atom. The van der Waals surface area contributed by atoms with Crippen LogP contribution in [0.2, 0.25) is 0 Å². The molecule has 0 aliphatic carbocycles. The van der Waals surface area contributed by atoms with Gasteiger partial charge in [-0.25, -0.2) is 4.68 Å². The van der Waals surface area contributed by atoms with Crippen molar-refractivity contribution < 1.29 is 0 Å². The fourth-order valence-electron chi connectivity index (χ4n) is 1.94. The summed E-state index contributed by atoms with van der Waals surface area (Å²) in [6.45, 7) is 0. The quantitative estimate of drug-likeness (QED) is 0.801. The van der Waals surface area contributed by atoms with Crippen molar-refractivity contribution in [2.75, 3.05) is 12.5 Å². The largest absolute Gasteiger partial charge is 0.324 e. The van der Waals surface area contributed by atoms with Crippen molar-refractivity contribution in [3.05, 3.63) is 58.2 Å². The number of benzene rings is 1. The fourth-order valence-corrected chi connectivity index (χ4v) is 2.64. The number of rotatable bonds is 3. The highest BCUT2D eigenvalue weighted by Gasteiger charge is 2.14. The topological polar surface area (TPSA) is 59.8 Å². The molecule has 0 amide bonds. The lowest BCUT2D eigenvalue weighted by molar-refractivity contribution is 0.806. The number of nitrogens with zero attached hydrogens (tertiary/aromatic N) is 3. The van der Waals surface area contributed by atoms with E-state index < -0.39 is 0 Å². The summed E-state index contributed by atoms with van der Waals surface area (Å²) in [6.07, 6.45) is 0. The molecule has 0 fully saturated rings. The molecule has 0 aliphatic rings. The summed E-state index contributed by atoms with van der Waals surface area (Å²) in [5.74, 6) is 0.499. The molecule has 3 aromatic rings. The van der Waals surface area contributed by atoms with Crippen LogP contribution in [-0.2, 0) is 0 Å².